The first kappa shape index (κ1) is 24.5. The number of aromatic nitrogens is 7. The van der Waals surface area contributed by atoms with Gasteiger partial charge in [0, 0.05) is 42.0 Å². The van der Waals surface area contributed by atoms with Gasteiger partial charge in [0.05, 0.1) is 17.0 Å². The highest BCUT2D eigenvalue weighted by Crippen LogP contribution is 2.33. The molecule has 14 heteroatoms. The van der Waals surface area contributed by atoms with Crippen LogP contribution in [0.1, 0.15) is 42.8 Å². The number of hydrogen-bond donors (Lipinski definition) is 3. The van der Waals surface area contributed by atoms with Crippen molar-refractivity contribution in [1.82, 2.24) is 40.2 Å². The van der Waals surface area contributed by atoms with Crippen LogP contribution in [0.3, 0.4) is 0 Å². The van der Waals surface area contributed by atoms with Gasteiger partial charge in [-0.3, -0.25) is 19.6 Å². The Kier molecular flexibility index (Phi) is 5.86. The lowest BCUT2D eigenvalue weighted by molar-refractivity contribution is -0.385. The van der Waals surface area contributed by atoms with Gasteiger partial charge in [0.25, 0.3) is 5.69 Å². The van der Waals surface area contributed by atoms with Crippen LogP contribution < -0.4 is 11.1 Å². The van der Waals surface area contributed by atoms with Gasteiger partial charge in [-0.05, 0) is 17.7 Å². The molecule has 4 heterocycles. The van der Waals surface area contributed by atoms with Crippen LogP contribution in [-0.4, -0.2) is 45.7 Å². The summed E-state index contributed by atoms with van der Waals surface area (Å²) in [6.07, 6.45) is 3.32. The third kappa shape index (κ3) is 4.54. The predicted octanol–water partition coefficient (Wildman–Crippen LogP) is 3.13. The molecule has 4 N–H and O–H groups in total. The van der Waals surface area contributed by atoms with E-state index >= 15 is 0 Å². The fraction of sp³-hybridized carbons (Fsp3) is 0.250. The number of aryl methyl sites for hydroxylation is 1. The largest absolute Gasteiger partial charge is 0.382 e. The topological polar surface area (TPSA) is 197 Å². The highest BCUT2D eigenvalue weighted by atomic mass is 16.6. The first-order valence-electron chi connectivity index (χ1n) is 11.6. The molecule has 0 saturated carbocycles. The number of nitro benzene ring substituents is 1. The first-order chi connectivity index (χ1) is 18.0. The van der Waals surface area contributed by atoms with Crippen molar-refractivity contribution in [3.63, 3.8) is 0 Å². The molecular formula is C24H24N10O4. The van der Waals surface area contributed by atoms with Gasteiger partial charge < -0.3 is 20.6 Å². The van der Waals surface area contributed by atoms with E-state index in [1.54, 1.807) is 42.3 Å². The summed E-state index contributed by atoms with van der Waals surface area (Å²) in [5.74, 6) is 0.340. The number of anilines is 1. The van der Waals surface area contributed by atoms with Crippen LogP contribution in [0.4, 0.5) is 11.5 Å². The Morgan fingerprint density at radius 2 is 2.03 bits per heavy atom. The molecule has 0 aliphatic rings. The lowest BCUT2D eigenvalue weighted by atomic mass is 9.96. The summed E-state index contributed by atoms with van der Waals surface area (Å²) in [7, 11) is 1.75. The molecule has 0 bridgehead atoms. The molecule has 38 heavy (non-hydrogen) atoms. The summed E-state index contributed by atoms with van der Waals surface area (Å²) in [4.78, 5) is 40.1. The van der Waals surface area contributed by atoms with Crippen molar-refractivity contribution in [1.29, 1.82) is 0 Å². The smallest absolute Gasteiger partial charge is 0.315 e. The standard InChI is InChI=1S/C24H24N10O4/c1-24(2,3)23-30-22(38-32-23)21(35)27-10-13-6-5-12(9-16(13)34(36)37)14-7-8-26-20-17(14)28-19(29-20)15-11-33(4)31-18(15)25/h5-9,11H,10H2,1-4H3,(H2,25,31)(H,27,35)(H,26,28,29). The molecule has 0 saturated heterocycles. The molecule has 0 unspecified atom stereocenters. The number of nitro groups is 1. The summed E-state index contributed by atoms with van der Waals surface area (Å²) >= 11 is 0. The average Bonchev–Trinajstić information content (AvgIpc) is 3.59. The van der Waals surface area contributed by atoms with Crippen LogP contribution in [0.25, 0.3) is 33.7 Å². The number of amides is 1. The van der Waals surface area contributed by atoms with Crippen LogP contribution in [0, 0.1) is 10.1 Å². The predicted molar refractivity (Wildman–Crippen MR) is 137 cm³/mol. The number of nitrogens with zero attached hydrogens (tertiary/aromatic N) is 7. The molecule has 0 radical (unpaired) electrons. The van der Waals surface area contributed by atoms with E-state index in [2.05, 4.69) is 35.5 Å². The number of fused-ring (bicyclic) bond motifs is 1. The zero-order valence-electron chi connectivity index (χ0n) is 21.0. The van der Waals surface area contributed by atoms with Gasteiger partial charge in [0.2, 0.25) is 0 Å². The number of nitrogens with one attached hydrogen (secondary N) is 2. The number of aromatic amines is 1. The zero-order chi connectivity index (χ0) is 27.2. The number of imidazole rings is 1. The molecule has 0 aliphatic carbocycles. The Morgan fingerprint density at radius 3 is 2.68 bits per heavy atom. The maximum Gasteiger partial charge on any atom is 0.315 e. The summed E-state index contributed by atoms with van der Waals surface area (Å²) in [5, 5.41) is 22.5. The lowest BCUT2D eigenvalue weighted by Crippen LogP contribution is -2.24. The Hall–Kier alpha value is -5.14. The van der Waals surface area contributed by atoms with E-state index in [1.165, 1.54) is 6.07 Å². The molecule has 0 spiro atoms. The van der Waals surface area contributed by atoms with Crippen LogP contribution in [0.15, 0.2) is 41.2 Å². The van der Waals surface area contributed by atoms with Crippen molar-refractivity contribution in [2.75, 3.05) is 5.73 Å². The fourth-order valence-corrected chi connectivity index (χ4v) is 3.88. The number of H-pyrrole nitrogens is 1. The maximum absolute atomic E-state index is 12.5. The van der Waals surface area contributed by atoms with Crippen molar-refractivity contribution >= 4 is 28.6 Å². The minimum Gasteiger partial charge on any atom is -0.382 e. The van der Waals surface area contributed by atoms with Gasteiger partial charge in [-0.25, -0.2) is 9.97 Å². The molecule has 0 fully saturated rings. The van der Waals surface area contributed by atoms with Crippen LogP contribution in [0.5, 0.6) is 0 Å². The van der Waals surface area contributed by atoms with E-state index in [0.29, 0.717) is 50.9 Å². The van der Waals surface area contributed by atoms with Crippen LogP contribution in [0.2, 0.25) is 0 Å². The minimum atomic E-state index is -0.624. The van der Waals surface area contributed by atoms with E-state index < -0.39 is 16.2 Å². The van der Waals surface area contributed by atoms with Crippen LogP contribution in [-0.2, 0) is 19.0 Å². The Morgan fingerprint density at radius 1 is 1.24 bits per heavy atom. The normalized spacial score (nSPS) is 11.7. The van der Waals surface area contributed by atoms with E-state index in [4.69, 9.17) is 10.3 Å². The van der Waals surface area contributed by atoms with Crippen molar-refractivity contribution in [3.05, 3.63) is 64.1 Å². The number of carbonyl (C=O) groups is 1. The molecule has 194 valence electrons. The summed E-state index contributed by atoms with van der Waals surface area (Å²) in [6.45, 7) is 5.55. The molecule has 4 aromatic heterocycles. The van der Waals surface area contributed by atoms with E-state index in [0.717, 1.165) is 0 Å². The van der Waals surface area contributed by atoms with Crippen molar-refractivity contribution in [2.45, 2.75) is 32.7 Å². The van der Waals surface area contributed by atoms with Gasteiger partial charge in [-0.15, -0.1) is 0 Å². The second kappa shape index (κ2) is 9.06. The summed E-state index contributed by atoms with van der Waals surface area (Å²) < 4.78 is 6.62. The number of pyridine rings is 1. The minimum absolute atomic E-state index is 0.110. The number of nitrogens with two attached hydrogens (primary N) is 1. The highest BCUT2D eigenvalue weighted by Gasteiger charge is 2.25. The molecule has 1 amide bonds. The van der Waals surface area contributed by atoms with E-state index in [1.807, 2.05) is 20.8 Å². The number of rotatable bonds is 6. The monoisotopic (exact) mass is 516 g/mol. The number of benzene rings is 1. The van der Waals surface area contributed by atoms with Crippen molar-refractivity contribution in [2.24, 2.45) is 7.05 Å². The van der Waals surface area contributed by atoms with Gasteiger partial charge in [-0.1, -0.05) is 32.0 Å². The van der Waals surface area contributed by atoms with Crippen molar-refractivity contribution < 1.29 is 14.2 Å². The van der Waals surface area contributed by atoms with Gasteiger partial charge >= 0.3 is 11.8 Å². The second-order valence-corrected chi connectivity index (χ2v) is 9.70. The Balaban J connectivity index is 1.43. The van der Waals surface area contributed by atoms with Gasteiger partial charge in [0.15, 0.2) is 17.3 Å². The lowest BCUT2D eigenvalue weighted by Gasteiger charge is -2.10. The molecule has 14 nitrogen and oxygen atoms in total. The molecular weight excluding hydrogens is 492 g/mol. The first-order valence-corrected chi connectivity index (χ1v) is 11.6. The highest BCUT2D eigenvalue weighted by molar-refractivity contribution is 5.92. The van der Waals surface area contributed by atoms with Crippen molar-refractivity contribution in [3.8, 4) is 22.5 Å². The van der Waals surface area contributed by atoms with Crippen LogP contribution >= 0.6 is 0 Å². The summed E-state index contributed by atoms with van der Waals surface area (Å²) in [6, 6.07) is 6.47. The summed E-state index contributed by atoms with van der Waals surface area (Å²) in [5.41, 5.74) is 8.56. The third-order valence-electron chi connectivity index (χ3n) is 5.82. The fourth-order valence-electron chi connectivity index (χ4n) is 3.88. The second-order valence-electron chi connectivity index (χ2n) is 9.70. The molecule has 1 aromatic carbocycles. The van der Waals surface area contributed by atoms with E-state index in [9.17, 15) is 14.9 Å². The third-order valence-corrected chi connectivity index (χ3v) is 5.82. The number of nitrogen functional groups attached to an aromatic ring is 1. The average molecular weight is 517 g/mol. The Labute approximate surface area is 215 Å². The van der Waals surface area contributed by atoms with Gasteiger partial charge in [-0.2, -0.15) is 10.1 Å². The van der Waals surface area contributed by atoms with E-state index in [-0.39, 0.29) is 18.1 Å². The van der Waals surface area contributed by atoms with Gasteiger partial charge in [0.1, 0.15) is 11.3 Å². The number of carbonyl (C=O) groups excluding carboxylic acids is 1. The molecule has 0 atom stereocenters. The molecule has 0 aliphatic heterocycles. The molecule has 5 rings (SSSR count). The zero-order valence-corrected chi connectivity index (χ0v) is 21.0. The Bertz CT molecular complexity index is 1690. The molecule has 5 aromatic rings. The number of hydrogen-bond acceptors (Lipinski definition) is 10. The SMILES string of the molecule is Cn1cc(-c2nc3c(-c4ccc(CNC(=O)c5nc(C(C)(C)C)no5)c([N+](=O)[O-])c4)ccnc3[nH]2)c(N)n1. The maximum atomic E-state index is 12.5. The quantitative estimate of drug-likeness (QED) is 0.223.